The van der Waals surface area contributed by atoms with Gasteiger partial charge in [0.15, 0.2) is 0 Å². The Kier molecular flexibility index (Phi) is 5.67. The van der Waals surface area contributed by atoms with Gasteiger partial charge in [0.2, 0.25) is 5.91 Å². The molecule has 0 fully saturated rings. The van der Waals surface area contributed by atoms with Gasteiger partial charge in [-0.1, -0.05) is 37.6 Å². The van der Waals surface area contributed by atoms with Gasteiger partial charge in [-0.15, -0.1) is 0 Å². The fourth-order valence-electron chi connectivity index (χ4n) is 1.76. The second-order valence-corrected chi connectivity index (χ2v) is 4.57. The number of amides is 1. The highest BCUT2D eigenvalue weighted by Gasteiger charge is 2.19. The number of carbonyl (C=O) groups is 1. The topological polar surface area (TPSA) is 52.9 Å². The number of hydrogen-bond donors (Lipinski definition) is 1. The van der Waals surface area contributed by atoms with Crippen LogP contribution in [0.2, 0.25) is 5.02 Å². The van der Waals surface area contributed by atoms with Crippen molar-refractivity contribution in [3.63, 3.8) is 0 Å². The van der Waals surface area contributed by atoms with Gasteiger partial charge in [-0.25, -0.2) is 0 Å². The first-order valence-corrected chi connectivity index (χ1v) is 6.45. The molecule has 1 N–H and O–H groups in total. The van der Waals surface area contributed by atoms with Crippen molar-refractivity contribution in [2.24, 2.45) is 5.92 Å². The molecule has 96 valence electrons. The van der Waals surface area contributed by atoms with Crippen LogP contribution >= 0.6 is 11.6 Å². The fraction of sp³-hybridized carbons (Fsp3) is 0.429. The first-order chi connectivity index (χ1) is 8.62. The zero-order valence-electron chi connectivity index (χ0n) is 10.6. The first kappa shape index (κ1) is 14.5. The van der Waals surface area contributed by atoms with Gasteiger partial charge in [0, 0.05) is 10.9 Å². The van der Waals surface area contributed by atoms with Crippen LogP contribution in [0.25, 0.3) is 0 Å². The summed E-state index contributed by atoms with van der Waals surface area (Å²) >= 11 is 5.79. The van der Waals surface area contributed by atoms with Gasteiger partial charge in [-0.2, -0.15) is 5.26 Å². The van der Waals surface area contributed by atoms with E-state index < -0.39 is 6.04 Å². The summed E-state index contributed by atoms with van der Waals surface area (Å²) in [7, 11) is 0. The number of nitrogens with one attached hydrogen (secondary N) is 1. The minimum Gasteiger partial charge on any atom is -0.336 e. The van der Waals surface area contributed by atoms with Crippen molar-refractivity contribution < 1.29 is 4.79 Å². The van der Waals surface area contributed by atoms with Crippen LogP contribution in [0.3, 0.4) is 0 Å². The third-order valence-corrected chi connectivity index (χ3v) is 3.23. The number of nitriles is 1. The number of nitrogens with zero attached hydrogens (tertiary/aromatic N) is 1. The predicted molar refractivity (Wildman–Crippen MR) is 72.0 cm³/mol. The summed E-state index contributed by atoms with van der Waals surface area (Å²) in [6, 6.07) is 8.41. The minimum absolute atomic E-state index is 0.0341. The van der Waals surface area contributed by atoms with E-state index in [1.807, 2.05) is 13.8 Å². The average Bonchev–Trinajstić information content (AvgIpc) is 2.38. The van der Waals surface area contributed by atoms with Gasteiger partial charge in [0.1, 0.15) is 6.04 Å². The number of benzene rings is 1. The molecule has 1 rings (SSSR count). The second-order valence-electron chi connectivity index (χ2n) is 4.14. The summed E-state index contributed by atoms with van der Waals surface area (Å²) in [4.78, 5) is 11.9. The zero-order chi connectivity index (χ0) is 13.5. The molecule has 4 heteroatoms. The van der Waals surface area contributed by atoms with Gasteiger partial charge in [-0.05, 0) is 30.5 Å². The van der Waals surface area contributed by atoms with E-state index in [0.717, 1.165) is 18.4 Å². The van der Waals surface area contributed by atoms with Crippen LogP contribution in [0.4, 0.5) is 0 Å². The first-order valence-electron chi connectivity index (χ1n) is 6.07. The summed E-state index contributed by atoms with van der Waals surface area (Å²) in [5.74, 6) is -0.102. The van der Waals surface area contributed by atoms with Crippen LogP contribution in [0.5, 0.6) is 0 Å². The summed E-state index contributed by atoms with van der Waals surface area (Å²) in [5.41, 5.74) is 0.751. The molecule has 1 amide bonds. The van der Waals surface area contributed by atoms with E-state index in [1.54, 1.807) is 24.3 Å². The molecule has 1 aromatic carbocycles. The lowest BCUT2D eigenvalue weighted by molar-refractivity contribution is -0.125. The molecular weight excluding hydrogens is 248 g/mol. The van der Waals surface area contributed by atoms with E-state index in [9.17, 15) is 4.79 Å². The van der Waals surface area contributed by atoms with Crippen LogP contribution in [-0.4, -0.2) is 5.91 Å². The van der Waals surface area contributed by atoms with Crippen LogP contribution < -0.4 is 5.32 Å². The van der Waals surface area contributed by atoms with E-state index in [1.165, 1.54) is 0 Å². The Labute approximate surface area is 113 Å². The molecule has 1 atom stereocenters. The molecule has 0 saturated carbocycles. The number of halogens is 1. The van der Waals surface area contributed by atoms with Gasteiger partial charge in [0.25, 0.3) is 0 Å². The summed E-state index contributed by atoms with van der Waals surface area (Å²) in [5, 5.41) is 12.5. The highest BCUT2D eigenvalue weighted by molar-refractivity contribution is 6.30. The van der Waals surface area contributed by atoms with Gasteiger partial charge < -0.3 is 5.32 Å². The number of carbonyl (C=O) groups excluding carboxylic acids is 1. The summed E-state index contributed by atoms with van der Waals surface area (Å²) < 4.78 is 0. The fourth-order valence-corrected chi connectivity index (χ4v) is 1.89. The van der Waals surface area contributed by atoms with Crippen molar-refractivity contribution in [2.45, 2.75) is 32.7 Å². The highest BCUT2D eigenvalue weighted by Crippen LogP contribution is 2.17. The molecular formula is C14H17ClN2O. The third-order valence-electron chi connectivity index (χ3n) is 2.98. The standard InChI is InChI=1S/C14H17ClN2O/c1-3-10(4-2)14(18)17-13(9-16)11-5-7-12(15)8-6-11/h5-8,10,13H,3-4H2,1-2H3,(H,17,18). The Morgan fingerprint density at radius 2 is 1.89 bits per heavy atom. The molecule has 0 radical (unpaired) electrons. The molecule has 0 spiro atoms. The molecule has 0 bridgehead atoms. The molecule has 3 nitrogen and oxygen atoms in total. The Morgan fingerprint density at radius 3 is 2.33 bits per heavy atom. The lowest BCUT2D eigenvalue weighted by Crippen LogP contribution is -2.33. The molecule has 1 aromatic rings. The SMILES string of the molecule is CCC(CC)C(=O)NC(C#N)c1ccc(Cl)cc1. The third kappa shape index (κ3) is 3.75. The van der Waals surface area contributed by atoms with E-state index in [4.69, 9.17) is 16.9 Å². The molecule has 1 unspecified atom stereocenters. The van der Waals surface area contributed by atoms with Crippen LogP contribution in [0, 0.1) is 17.2 Å². The lowest BCUT2D eigenvalue weighted by atomic mass is 10.0. The van der Waals surface area contributed by atoms with Crippen molar-refractivity contribution in [1.29, 1.82) is 5.26 Å². The van der Waals surface area contributed by atoms with E-state index >= 15 is 0 Å². The molecule has 0 heterocycles. The lowest BCUT2D eigenvalue weighted by Gasteiger charge is -2.16. The van der Waals surface area contributed by atoms with Crippen LogP contribution in [-0.2, 0) is 4.79 Å². The normalized spacial score (nSPS) is 11.9. The number of rotatable bonds is 5. The Bertz CT molecular complexity index is 432. The maximum atomic E-state index is 11.9. The van der Waals surface area contributed by atoms with E-state index in [-0.39, 0.29) is 11.8 Å². The molecule has 0 aliphatic rings. The minimum atomic E-state index is -0.615. The van der Waals surface area contributed by atoms with E-state index in [0.29, 0.717) is 5.02 Å². The average molecular weight is 265 g/mol. The molecule has 0 aliphatic carbocycles. The molecule has 0 aromatic heterocycles. The quantitative estimate of drug-likeness (QED) is 0.885. The smallest absolute Gasteiger partial charge is 0.224 e. The Balaban J connectivity index is 2.77. The van der Waals surface area contributed by atoms with Crippen molar-refractivity contribution in [2.75, 3.05) is 0 Å². The summed E-state index contributed by atoms with van der Waals surface area (Å²) in [6.45, 7) is 3.94. The Morgan fingerprint density at radius 1 is 1.33 bits per heavy atom. The van der Waals surface area contributed by atoms with Crippen molar-refractivity contribution in [3.05, 3.63) is 34.9 Å². The maximum absolute atomic E-state index is 11.9. The second kappa shape index (κ2) is 7.03. The molecule has 18 heavy (non-hydrogen) atoms. The predicted octanol–water partition coefficient (Wildman–Crippen LogP) is 3.46. The van der Waals surface area contributed by atoms with Crippen molar-refractivity contribution in [1.82, 2.24) is 5.32 Å². The largest absolute Gasteiger partial charge is 0.336 e. The monoisotopic (exact) mass is 264 g/mol. The van der Waals surface area contributed by atoms with Crippen LogP contribution in [0.15, 0.2) is 24.3 Å². The van der Waals surface area contributed by atoms with Crippen LogP contribution in [0.1, 0.15) is 38.3 Å². The maximum Gasteiger partial charge on any atom is 0.224 e. The summed E-state index contributed by atoms with van der Waals surface area (Å²) in [6.07, 6.45) is 1.56. The van der Waals surface area contributed by atoms with Gasteiger partial charge in [0.05, 0.1) is 6.07 Å². The van der Waals surface area contributed by atoms with E-state index in [2.05, 4.69) is 11.4 Å². The van der Waals surface area contributed by atoms with Gasteiger partial charge >= 0.3 is 0 Å². The highest BCUT2D eigenvalue weighted by atomic mass is 35.5. The zero-order valence-corrected chi connectivity index (χ0v) is 11.4. The number of hydrogen-bond acceptors (Lipinski definition) is 2. The molecule has 0 aliphatic heterocycles. The Hall–Kier alpha value is -1.53. The van der Waals surface area contributed by atoms with Crippen molar-refractivity contribution >= 4 is 17.5 Å². The van der Waals surface area contributed by atoms with Crippen molar-refractivity contribution in [3.8, 4) is 6.07 Å². The molecule has 0 saturated heterocycles. The van der Waals surface area contributed by atoms with Gasteiger partial charge in [-0.3, -0.25) is 4.79 Å².